The first kappa shape index (κ1) is 24.3. The van der Waals surface area contributed by atoms with E-state index in [1.54, 1.807) is 6.92 Å². The van der Waals surface area contributed by atoms with Crippen LogP contribution in [-0.2, 0) is 19.6 Å². The Balaban J connectivity index is 0. The van der Waals surface area contributed by atoms with Crippen LogP contribution in [0.4, 0.5) is 0 Å². The Kier molecular flexibility index (Phi) is 16.9. The molecule has 1 N–H and O–H groups in total. The van der Waals surface area contributed by atoms with Gasteiger partial charge in [0.1, 0.15) is 0 Å². The van der Waals surface area contributed by atoms with E-state index in [4.69, 9.17) is 4.55 Å². The van der Waals surface area contributed by atoms with E-state index < -0.39 is 21.3 Å². The van der Waals surface area contributed by atoms with Crippen molar-refractivity contribution in [2.24, 2.45) is 0 Å². The molecule has 0 aliphatic carbocycles. The quantitative estimate of drug-likeness (QED) is 0.254. The van der Waals surface area contributed by atoms with Crippen molar-refractivity contribution >= 4 is 67.5 Å². The summed E-state index contributed by atoms with van der Waals surface area (Å²) < 4.78 is 36.0. The first-order valence-corrected chi connectivity index (χ1v) is 9.06. The van der Waals surface area contributed by atoms with Crippen LogP contribution in [0.15, 0.2) is 0 Å². The fraction of sp³-hybridized carbons (Fsp3) is 0.929. The molecule has 0 aromatic rings. The van der Waals surface area contributed by atoms with Crippen molar-refractivity contribution in [2.75, 3.05) is 6.61 Å². The number of rotatable bonds is 12. The third-order valence-electron chi connectivity index (χ3n) is 3.23. The molecule has 0 fully saturated rings. The number of hydrogen-bond donors (Lipinski definition) is 1. The van der Waals surface area contributed by atoms with Crippen LogP contribution in [0.25, 0.3) is 0 Å². The minimum atomic E-state index is -4.37. The summed E-state index contributed by atoms with van der Waals surface area (Å²) in [6.45, 7) is 3.89. The topological polar surface area (TPSA) is 80.7 Å². The first-order chi connectivity index (χ1) is 9.43. The van der Waals surface area contributed by atoms with Crippen LogP contribution in [0, 0.1) is 0 Å². The van der Waals surface area contributed by atoms with Gasteiger partial charge < -0.3 is 4.74 Å². The Labute approximate surface area is 171 Å². The van der Waals surface area contributed by atoms with Crippen molar-refractivity contribution in [1.82, 2.24) is 0 Å². The van der Waals surface area contributed by atoms with Crippen LogP contribution in [0.2, 0.25) is 0 Å². The molecule has 0 amide bonds. The normalized spacial score (nSPS) is 12.5. The van der Waals surface area contributed by atoms with E-state index in [-0.39, 0.29) is 64.4 Å². The molecule has 21 heavy (non-hydrogen) atoms. The van der Waals surface area contributed by atoms with Gasteiger partial charge in [-0.15, -0.1) is 0 Å². The zero-order valence-electron chi connectivity index (χ0n) is 12.6. The SMILES string of the molecule is CCCCCCCCCCC(C(=O)OCC)S(=O)(=O)O.[KH]. The predicted molar refractivity (Wildman–Crippen MR) is 86.3 cm³/mol. The molecule has 5 nitrogen and oxygen atoms in total. The Morgan fingerprint density at radius 1 is 1.00 bits per heavy atom. The van der Waals surface area contributed by atoms with E-state index in [2.05, 4.69) is 11.7 Å². The molecule has 0 aliphatic rings. The molecule has 0 bridgehead atoms. The Morgan fingerprint density at radius 3 is 1.90 bits per heavy atom. The van der Waals surface area contributed by atoms with Gasteiger partial charge in [-0.25, -0.2) is 0 Å². The van der Waals surface area contributed by atoms with Gasteiger partial charge in [0.2, 0.25) is 0 Å². The molecule has 1 unspecified atom stereocenters. The minimum absolute atomic E-state index is 0. The number of carbonyl (C=O) groups excluding carboxylic acids is 1. The van der Waals surface area contributed by atoms with Gasteiger partial charge in [0.25, 0.3) is 10.1 Å². The number of esters is 1. The van der Waals surface area contributed by atoms with E-state index in [9.17, 15) is 13.2 Å². The molecule has 0 heterocycles. The summed E-state index contributed by atoms with van der Waals surface area (Å²) in [6, 6.07) is 0. The van der Waals surface area contributed by atoms with E-state index in [0.717, 1.165) is 19.3 Å². The van der Waals surface area contributed by atoms with Crippen molar-refractivity contribution in [3.63, 3.8) is 0 Å². The summed E-state index contributed by atoms with van der Waals surface area (Å²) in [6.07, 6.45) is 8.70. The van der Waals surface area contributed by atoms with E-state index in [0.29, 0.717) is 6.42 Å². The van der Waals surface area contributed by atoms with Crippen molar-refractivity contribution in [2.45, 2.75) is 76.9 Å². The van der Waals surface area contributed by atoms with Gasteiger partial charge in [0.05, 0.1) is 6.61 Å². The second kappa shape index (κ2) is 14.6. The molecule has 0 radical (unpaired) electrons. The fourth-order valence-electron chi connectivity index (χ4n) is 2.09. The number of unbranched alkanes of at least 4 members (excludes halogenated alkanes) is 7. The van der Waals surface area contributed by atoms with Gasteiger partial charge in [0, 0.05) is 0 Å². The molecule has 122 valence electrons. The van der Waals surface area contributed by atoms with Crippen molar-refractivity contribution in [1.29, 1.82) is 0 Å². The Morgan fingerprint density at radius 2 is 1.48 bits per heavy atom. The average molecular weight is 349 g/mol. The molecule has 0 aromatic heterocycles. The van der Waals surface area contributed by atoms with Crippen molar-refractivity contribution in [3.8, 4) is 0 Å². The van der Waals surface area contributed by atoms with E-state index in [1.165, 1.54) is 25.7 Å². The van der Waals surface area contributed by atoms with E-state index >= 15 is 0 Å². The first-order valence-electron chi connectivity index (χ1n) is 7.56. The monoisotopic (exact) mass is 348 g/mol. The number of carbonyl (C=O) groups is 1. The van der Waals surface area contributed by atoms with Crippen LogP contribution < -0.4 is 0 Å². The molecule has 1 atom stereocenters. The second-order valence-corrected chi connectivity index (χ2v) is 6.62. The van der Waals surface area contributed by atoms with Gasteiger partial charge in [0.15, 0.2) is 5.25 Å². The maximum atomic E-state index is 11.5. The summed E-state index contributed by atoms with van der Waals surface area (Å²) in [5, 5.41) is -1.43. The Bertz CT molecular complexity index is 356. The van der Waals surface area contributed by atoms with Crippen LogP contribution in [0.1, 0.15) is 71.6 Å². The molecule has 0 rings (SSSR count). The van der Waals surface area contributed by atoms with Crippen molar-refractivity contribution < 1.29 is 22.5 Å². The summed E-state index contributed by atoms with van der Waals surface area (Å²) in [4.78, 5) is 11.5. The van der Waals surface area contributed by atoms with Crippen LogP contribution in [-0.4, -0.2) is 82.2 Å². The van der Waals surface area contributed by atoms with Gasteiger partial charge >= 0.3 is 57.4 Å². The zero-order chi connectivity index (χ0) is 15.4. The standard InChI is InChI=1S/C14H28O5S.K.H/c1-3-5-6-7-8-9-10-11-12-13(20(16,17)18)14(15)19-4-2;;/h13H,3-12H2,1-2H3,(H,16,17,18);;. The number of hydrogen-bond acceptors (Lipinski definition) is 4. The zero-order valence-corrected chi connectivity index (χ0v) is 13.5. The van der Waals surface area contributed by atoms with Gasteiger partial charge in [-0.05, 0) is 13.3 Å². The molecule has 0 spiro atoms. The van der Waals surface area contributed by atoms with Crippen LogP contribution in [0.3, 0.4) is 0 Å². The average Bonchev–Trinajstić information content (AvgIpc) is 2.35. The summed E-state index contributed by atoms with van der Waals surface area (Å²) >= 11 is 0. The third kappa shape index (κ3) is 13.2. The van der Waals surface area contributed by atoms with Gasteiger partial charge in [-0.3, -0.25) is 9.35 Å². The molecule has 0 aromatic carbocycles. The molecule has 0 saturated heterocycles. The second-order valence-electron chi connectivity index (χ2n) is 5.02. The summed E-state index contributed by atoms with van der Waals surface area (Å²) in [5.41, 5.74) is 0. The molecular weight excluding hydrogens is 319 g/mol. The molecule has 0 aliphatic heterocycles. The number of ether oxygens (including phenoxy) is 1. The third-order valence-corrected chi connectivity index (χ3v) is 4.38. The van der Waals surface area contributed by atoms with E-state index in [1.807, 2.05) is 0 Å². The summed E-state index contributed by atoms with van der Waals surface area (Å²) in [5.74, 6) is -0.849. The molecular formula is C14H29KO5S. The van der Waals surface area contributed by atoms with Gasteiger partial charge in [-0.1, -0.05) is 58.3 Å². The van der Waals surface area contributed by atoms with Crippen molar-refractivity contribution in [3.05, 3.63) is 0 Å². The molecule has 7 heteroatoms. The van der Waals surface area contributed by atoms with Crippen LogP contribution in [0.5, 0.6) is 0 Å². The van der Waals surface area contributed by atoms with Crippen LogP contribution >= 0.6 is 0 Å². The maximum absolute atomic E-state index is 11.5. The molecule has 0 saturated carbocycles. The predicted octanol–water partition coefficient (Wildman–Crippen LogP) is 2.69. The van der Waals surface area contributed by atoms with Gasteiger partial charge in [-0.2, -0.15) is 8.42 Å². The Hall–Kier alpha value is 1.02. The summed E-state index contributed by atoms with van der Waals surface area (Å²) in [7, 11) is -4.37. The fourth-order valence-corrected chi connectivity index (χ4v) is 2.86.